The quantitative estimate of drug-likeness (QED) is 0.166. The highest BCUT2D eigenvalue weighted by Crippen LogP contribution is 2.52. The maximum Gasteiger partial charge on any atom is 0.164 e. The number of benzene rings is 8. The molecule has 7 heteroatoms. The van der Waals surface area contributed by atoms with Gasteiger partial charge in [0.2, 0.25) is 0 Å². The molecule has 0 spiro atoms. The van der Waals surface area contributed by atoms with Crippen LogP contribution in [0.4, 0.5) is 34.1 Å². The molecule has 58 heavy (non-hydrogen) atoms. The summed E-state index contributed by atoms with van der Waals surface area (Å²) in [6.45, 7) is 0. The van der Waals surface area contributed by atoms with Crippen molar-refractivity contribution in [2.45, 2.75) is 19.6 Å². The summed E-state index contributed by atoms with van der Waals surface area (Å²) in [6.07, 6.45) is 0. The summed E-state index contributed by atoms with van der Waals surface area (Å²) in [6, 6.07) is 70.4. The Balaban J connectivity index is 0.989. The van der Waals surface area contributed by atoms with E-state index >= 15 is 0 Å². The van der Waals surface area contributed by atoms with E-state index in [1.165, 1.54) is 47.9 Å². The topological polar surface area (TPSA) is 45.2 Å². The van der Waals surface area contributed by atoms with Crippen molar-refractivity contribution in [3.05, 3.63) is 200 Å². The Morgan fingerprint density at radius 1 is 0.259 bits per heavy atom. The SMILES string of the molecule is c1ccc(-c2ccc(-c3nc(-c4ccc(N5c6ccccc6Sc6ccccc65)cc4)nc(-c4ccc(N5c6ccccc6Sc6ccccc65)cc4)n3)cc2)cc1. The van der Waals surface area contributed by atoms with Gasteiger partial charge in [0.1, 0.15) is 0 Å². The molecule has 0 atom stereocenters. The molecule has 0 N–H and O–H groups in total. The van der Waals surface area contributed by atoms with E-state index in [9.17, 15) is 0 Å². The Labute approximate surface area is 345 Å². The van der Waals surface area contributed by atoms with E-state index in [0.29, 0.717) is 17.5 Å². The Kier molecular flexibility index (Phi) is 8.60. The van der Waals surface area contributed by atoms with Gasteiger partial charge in [0.25, 0.3) is 0 Å². The van der Waals surface area contributed by atoms with Crippen molar-refractivity contribution in [3.63, 3.8) is 0 Å². The standard InChI is InChI=1S/C51H33N5S2/c1-2-12-34(13-3-1)35-22-24-36(25-23-35)49-52-50(37-26-30-39(31-27-37)55-41-14-4-8-18-45(41)57-46-19-9-5-15-42(46)55)54-51(53-49)38-28-32-40(33-29-38)56-43-16-6-10-20-47(43)58-48-21-11-7-17-44(48)56/h1-33H. The third-order valence-corrected chi connectivity index (χ3v) is 12.8. The molecule has 11 rings (SSSR count). The van der Waals surface area contributed by atoms with Crippen molar-refractivity contribution in [1.29, 1.82) is 0 Å². The van der Waals surface area contributed by atoms with Gasteiger partial charge in [0.15, 0.2) is 17.5 Å². The molecule has 5 nitrogen and oxygen atoms in total. The van der Waals surface area contributed by atoms with Gasteiger partial charge in [-0.05, 0) is 108 Å². The first kappa shape index (κ1) is 34.3. The summed E-state index contributed by atoms with van der Waals surface area (Å²) in [4.78, 5) is 24.9. The highest BCUT2D eigenvalue weighted by molar-refractivity contribution is 8.00. The Hall–Kier alpha value is -6.93. The molecule has 0 aliphatic carbocycles. The van der Waals surface area contributed by atoms with Crippen LogP contribution in [0.2, 0.25) is 0 Å². The van der Waals surface area contributed by atoms with Gasteiger partial charge in [0.05, 0.1) is 22.7 Å². The van der Waals surface area contributed by atoms with Gasteiger partial charge in [-0.25, -0.2) is 15.0 Å². The van der Waals surface area contributed by atoms with Gasteiger partial charge in [-0.2, -0.15) is 0 Å². The fourth-order valence-corrected chi connectivity index (χ4v) is 9.81. The first-order valence-corrected chi connectivity index (χ1v) is 20.8. The lowest BCUT2D eigenvalue weighted by molar-refractivity contribution is 1.07. The normalized spacial score (nSPS) is 12.6. The van der Waals surface area contributed by atoms with Gasteiger partial charge >= 0.3 is 0 Å². The third kappa shape index (κ3) is 6.22. The Morgan fingerprint density at radius 3 is 0.897 bits per heavy atom. The highest BCUT2D eigenvalue weighted by Gasteiger charge is 2.26. The van der Waals surface area contributed by atoms with Crippen LogP contribution in [-0.4, -0.2) is 15.0 Å². The molecule has 0 unspecified atom stereocenters. The second kappa shape index (κ2) is 14.5. The van der Waals surface area contributed by atoms with Crippen molar-refractivity contribution < 1.29 is 0 Å². The van der Waals surface area contributed by atoms with Crippen molar-refractivity contribution in [2.75, 3.05) is 9.80 Å². The molecule has 0 amide bonds. The van der Waals surface area contributed by atoms with E-state index in [0.717, 1.165) is 33.6 Å². The minimum Gasteiger partial charge on any atom is -0.308 e. The summed E-state index contributed by atoms with van der Waals surface area (Å²) >= 11 is 3.62. The smallest absolute Gasteiger partial charge is 0.164 e. The average molecular weight is 780 g/mol. The highest BCUT2D eigenvalue weighted by atomic mass is 32.2. The Morgan fingerprint density at radius 2 is 0.534 bits per heavy atom. The second-order valence-corrected chi connectivity index (χ2v) is 16.3. The number of rotatable bonds is 6. The van der Waals surface area contributed by atoms with Crippen LogP contribution < -0.4 is 9.80 Å². The van der Waals surface area contributed by atoms with E-state index in [4.69, 9.17) is 15.0 Å². The fraction of sp³-hybridized carbons (Fsp3) is 0. The van der Waals surface area contributed by atoms with Gasteiger partial charge in [-0.15, -0.1) is 0 Å². The molecule has 0 bridgehead atoms. The number of fused-ring (bicyclic) bond motifs is 4. The number of nitrogens with zero attached hydrogens (tertiary/aromatic N) is 5. The first-order chi connectivity index (χ1) is 28.7. The van der Waals surface area contributed by atoms with Crippen LogP contribution in [0, 0.1) is 0 Å². The third-order valence-electron chi connectivity index (χ3n) is 10.5. The van der Waals surface area contributed by atoms with Crippen molar-refractivity contribution in [3.8, 4) is 45.3 Å². The predicted octanol–water partition coefficient (Wildman–Crippen LogP) is 14.4. The van der Waals surface area contributed by atoms with E-state index in [1.54, 1.807) is 0 Å². The zero-order chi connectivity index (χ0) is 38.4. The van der Waals surface area contributed by atoms with Crippen LogP contribution in [0.5, 0.6) is 0 Å². The summed E-state index contributed by atoms with van der Waals surface area (Å²) in [5.41, 5.74) is 11.9. The van der Waals surface area contributed by atoms with E-state index < -0.39 is 0 Å². The number of para-hydroxylation sites is 4. The van der Waals surface area contributed by atoms with E-state index in [1.807, 2.05) is 29.6 Å². The Bertz CT molecular complexity index is 2700. The van der Waals surface area contributed by atoms with Gasteiger partial charge in [0, 0.05) is 47.6 Å². The zero-order valence-electron chi connectivity index (χ0n) is 31.1. The minimum absolute atomic E-state index is 0.619. The van der Waals surface area contributed by atoms with Crippen LogP contribution in [-0.2, 0) is 0 Å². The molecular weight excluding hydrogens is 747 g/mol. The number of hydrogen-bond donors (Lipinski definition) is 0. The largest absolute Gasteiger partial charge is 0.308 e. The molecule has 0 saturated heterocycles. The van der Waals surface area contributed by atoms with Crippen molar-refractivity contribution in [1.82, 2.24) is 15.0 Å². The maximum atomic E-state index is 5.14. The van der Waals surface area contributed by atoms with E-state index in [-0.39, 0.29) is 0 Å². The van der Waals surface area contributed by atoms with Crippen molar-refractivity contribution in [2.24, 2.45) is 0 Å². The second-order valence-electron chi connectivity index (χ2n) is 14.1. The summed E-state index contributed by atoms with van der Waals surface area (Å²) < 4.78 is 0. The molecule has 2 aliphatic rings. The molecule has 0 radical (unpaired) electrons. The minimum atomic E-state index is 0.619. The molecule has 3 heterocycles. The van der Waals surface area contributed by atoms with Gasteiger partial charge in [-0.1, -0.05) is 127 Å². The molecular formula is C51H33N5S2. The van der Waals surface area contributed by atoms with Crippen molar-refractivity contribution >= 4 is 57.6 Å². The summed E-state index contributed by atoms with van der Waals surface area (Å²) in [7, 11) is 0. The summed E-state index contributed by atoms with van der Waals surface area (Å²) in [5.74, 6) is 1.86. The van der Waals surface area contributed by atoms with Crippen LogP contribution >= 0.6 is 23.5 Å². The molecule has 274 valence electrons. The average Bonchev–Trinajstić information content (AvgIpc) is 3.30. The fourth-order valence-electron chi connectivity index (χ4n) is 7.69. The number of aromatic nitrogens is 3. The molecule has 2 aliphatic heterocycles. The van der Waals surface area contributed by atoms with E-state index in [2.05, 4.69) is 204 Å². The lowest BCUT2D eigenvalue weighted by Crippen LogP contribution is -2.14. The molecule has 1 aromatic heterocycles. The van der Waals surface area contributed by atoms with Crippen LogP contribution in [0.25, 0.3) is 45.3 Å². The molecule has 8 aromatic carbocycles. The van der Waals surface area contributed by atoms with Crippen LogP contribution in [0.15, 0.2) is 220 Å². The number of hydrogen-bond acceptors (Lipinski definition) is 7. The molecule has 0 saturated carbocycles. The monoisotopic (exact) mass is 779 g/mol. The van der Waals surface area contributed by atoms with Gasteiger partial charge in [-0.3, -0.25) is 0 Å². The molecule has 0 fully saturated rings. The summed E-state index contributed by atoms with van der Waals surface area (Å²) in [5, 5.41) is 0. The first-order valence-electron chi connectivity index (χ1n) is 19.2. The lowest BCUT2D eigenvalue weighted by atomic mass is 10.0. The molecule has 9 aromatic rings. The number of anilines is 6. The van der Waals surface area contributed by atoms with Gasteiger partial charge < -0.3 is 9.80 Å². The van der Waals surface area contributed by atoms with Crippen LogP contribution in [0.3, 0.4) is 0 Å². The zero-order valence-corrected chi connectivity index (χ0v) is 32.7. The maximum absolute atomic E-state index is 5.14. The predicted molar refractivity (Wildman–Crippen MR) is 239 cm³/mol. The van der Waals surface area contributed by atoms with Crippen LogP contribution in [0.1, 0.15) is 0 Å². The lowest BCUT2D eigenvalue weighted by Gasteiger charge is -2.32.